The number of rotatable bonds is 3. The summed E-state index contributed by atoms with van der Waals surface area (Å²) in [5, 5.41) is 0.494. The van der Waals surface area contributed by atoms with Crippen LogP contribution < -0.4 is 5.73 Å². The van der Waals surface area contributed by atoms with Crippen LogP contribution in [0.25, 0.3) is 0 Å². The van der Waals surface area contributed by atoms with Crippen LogP contribution in [0.1, 0.15) is 5.56 Å². The Hall–Kier alpha value is -1.26. The number of halogens is 3. The molecule has 0 fully saturated rings. The lowest BCUT2D eigenvalue weighted by molar-refractivity contribution is 0.624. The maximum atomic E-state index is 13.1. The van der Waals surface area contributed by atoms with E-state index in [4.69, 9.17) is 17.3 Å². The molecule has 0 atom stereocenters. The van der Waals surface area contributed by atoms with Crippen LogP contribution in [0.2, 0.25) is 5.02 Å². The smallest absolute Gasteiger partial charge is 0.126 e. The van der Waals surface area contributed by atoms with Gasteiger partial charge in [-0.1, -0.05) is 11.6 Å². The summed E-state index contributed by atoms with van der Waals surface area (Å²) < 4.78 is 26.2. The number of anilines is 1. The summed E-state index contributed by atoms with van der Waals surface area (Å²) in [6.45, 7) is 0. The monoisotopic (exact) mass is 285 g/mol. The molecule has 0 saturated carbocycles. The van der Waals surface area contributed by atoms with Gasteiger partial charge in [0.15, 0.2) is 0 Å². The molecule has 0 aliphatic rings. The standard InChI is InChI=1S/C13H10ClF2NS/c14-13-2-1-9(15)3-8(13)7-18-12-5-10(16)4-11(17)6-12/h1-6H,7,17H2. The maximum absolute atomic E-state index is 13.1. The fourth-order valence-corrected chi connectivity index (χ4v) is 2.72. The molecule has 2 aromatic carbocycles. The van der Waals surface area contributed by atoms with E-state index >= 15 is 0 Å². The Morgan fingerprint density at radius 3 is 2.56 bits per heavy atom. The third kappa shape index (κ3) is 3.37. The predicted octanol–water partition coefficient (Wildman–Crippen LogP) is 4.49. The summed E-state index contributed by atoms with van der Waals surface area (Å²) in [6.07, 6.45) is 0. The predicted molar refractivity (Wildman–Crippen MR) is 71.8 cm³/mol. The van der Waals surface area contributed by atoms with E-state index in [0.29, 0.717) is 26.9 Å². The van der Waals surface area contributed by atoms with E-state index in [9.17, 15) is 8.78 Å². The minimum absolute atomic E-state index is 0.339. The van der Waals surface area contributed by atoms with Crippen LogP contribution in [0.3, 0.4) is 0 Å². The number of hydrogen-bond acceptors (Lipinski definition) is 2. The molecular formula is C13H10ClF2NS. The molecule has 2 rings (SSSR count). The highest BCUT2D eigenvalue weighted by Gasteiger charge is 2.05. The summed E-state index contributed by atoms with van der Waals surface area (Å²) in [7, 11) is 0. The van der Waals surface area contributed by atoms with Gasteiger partial charge in [-0.25, -0.2) is 8.78 Å². The lowest BCUT2D eigenvalue weighted by atomic mass is 10.2. The molecule has 0 aromatic heterocycles. The largest absolute Gasteiger partial charge is 0.399 e. The zero-order chi connectivity index (χ0) is 13.1. The lowest BCUT2D eigenvalue weighted by Crippen LogP contribution is -1.89. The van der Waals surface area contributed by atoms with Crippen molar-refractivity contribution in [1.82, 2.24) is 0 Å². The van der Waals surface area contributed by atoms with Crippen molar-refractivity contribution in [1.29, 1.82) is 0 Å². The second kappa shape index (κ2) is 5.59. The molecule has 0 saturated heterocycles. The molecule has 2 aromatic rings. The van der Waals surface area contributed by atoms with Gasteiger partial charge < -0.3 is 5.73 Å². The second-order valence-electron chi connectivity index (χ2n) is 3.74. The summed E-state index contributed by atoms with van der Waals surface area (Å²) in [6, 6.07) is 8.48. The van der Waals surface area contributed by atoms with Gasteiger partial charge in [0.25, 0.3) is 0 Å². The fraction of sp³-hybridized carbons (Fsp3) is 0.0769. The number of hydrogen-bond donors (Lipinski definition) is 1. The average molecular weight is 286 g/mol. The minimum Gasteiger partial charge on any atom is -0.399 e. The highest BCUT2D eigenvalue weighted by atomic mass is 35.5. The number of benzene rings is 2. The zero-order valence-corrected chi connectivity index (χ0v) is 10.9. The molecule has 0 unspecified atom stereocenters. The fourth-order valence-electron chi connectivity index (χ4n) is 1.48. The van der Waals surface area contributed by atoms with Crippen molar-refractivity contribution >= 4 is 29.1 Å². The number of nitrogen functional groups attached to an aromatic ring is 1. The molecule has 18 heavy (non-hydrogen) atoms. The van der Waals surface area contributed by atoms with Gasteiger partial charge >= 0.3 is 0 Å². The quantitative estimate of drug-likeness (QED) is 0.664. The van der Waals surface area contributed by atoms with Gasteiger partial charge in [0.05, 0.1) is 0 Å². The van der Waals surface area contributed by atoms with E-state index in [2.05, 4.69) is 0 Å². The molecule has 0 amide bonds. The van der Waals surface area contributed by atoms with E-state index in [0.717, 1.165) is 0 Å². The molecule has 0 bridgehead atoms. The van der Waals surface area contributed by atoms with Gasteiger partial charge in [-0.2, -0.15) is 0 Å². The van der Waals surface area contributed by atoms with Gasteiger partial charge in [0.1, 0.15) is 11.6 Å². The van der Waals surface area contributed by atoms with E-state index < -0.39 is 0 Å². The van der Waals surface area contributed by atoms with E-state index in [1.807, 2.05) is 0 Å². The molecule has 94 valence electrons. The third-order valence-corrected chi connectivity index (χ3v) is 3.69. The highest BCUT2D eigenvalue weighted by Crippen LogP contribution is 2.28. The van der Waals surface area contributed by atoms with Crippen LogP contribution in [-0.4, -0.2) is 0 Å². The van der Waals surface area contributed by atoms with Crippen molar-refractivity contribution in [2.24, 2.45) is 0 Å². The van der Waals surface area contributed by atoms with Crippen molar-refractivity contribution < 1.29 is 8.78 Å². The first kappa shape index (κ1) is 13.2. The van der Waals surface area contributed by atoms with Crippen molar-refractivity contribution in [2.75, 3.05) is 5.73 Å². The molecule has 0 heterocycles. The minimum atomic E-state index is -0.386. The molecule has 0 aliphatic carbocycles. The third-order valence-electron chi connectivity index (χ3n) is 2.30. The zero-order valence-electron chi connectivity index (χ0n) is 9.29. The van der Waals surface area contributed by atoms with Crippen LogP contribution in [0.5, 0.6) is 0 Å². The van der Waals surface area contributed by atoms with E-state index in [1.165, 1.54) is 42.1 Å². The van der Waals surface area contributed by atoms with Crippen molar-refractivity contribution in [3.8, 4) is 0 Å². The Labute approximate surface area is 113 Å². The van der Waals surface area contributed by atoms with Gasteiger partial charge in [-0.3, -0.25) is 0 Å². The van der Waals surface area contributed by atoms with Gasteiger partial charge in [0, 0.05) is 21.4 Å². The van der Waals surface area contributed by atoms with Crippen molar-refractivity contribution in [3.05, 3.63) is 58.6 Å². The molecule has 0 spiro atoms. The second-order valence-corrected chi connectivity index (χ2v) is 5.20. The van der Waals surface area contributed by atoms with Crippen LogP contribution >= 0.6 is 23.4 Å². The number of nitrogens with two attached hydrogens (primary N) is 1. The normalized spacial score (nSPS) is 10.6. The Balaban J connectivity index is 2.13. The van der Waals surface area contributed by atoms with Gasteiger partial charge in [0.2, 0.25) is 0 Å². The summed E-state index contributed by atoms with van der Waals surface area (Å²) in [4.78, 5) is 0.688. The Morgan fingerprint density at radius 2 is 1.83 bits per heavy atom. The average Bonchev–Trinajstić information content (AvgIpc) is 2.29. The van der Waals surface area contributed by atoms with Crippen LogP contribution in [-0.2, 0) is 5.75 Å². The lowest BCUT2D eigenvalue weighted by Gasteiger charge is -2.05. The molecule has 0 radical (unpaired) electrons. The summed E-state index contributed by atoms with van der Waals surface area (Å²) in [5.74, 6) is -0.268. The first-order valence-corrected chi connectivity index (χ1v) is 6.54. The van der Waals surface area contributed by atoms with Crippen molar-refractivity contribution in [2.45, 2.75) is 10.6 Å². The SMILES string of the molecule is Nc1cc(F)cc(SCc2cc(F)ccc2Cl)c1. The topological polar surface area (TPSA) is 26.0 Å². The molecular weight excluding hydrogens is 276 g/mol. The Bertz CT molecular complexity index is 555. The highest BCUT2D eigenvalue weighted by molar-refractivity contribution is 7.98. The Kier molecular flexibility index (Phi) is 4.09. The molecule has 5 heteroatoms. The van der Waals surface area contributed by atoms with E-state index in [-0.39, 0.29) is 11.6 Å². The van der Waals surface area contributed by atoms with Crippen LogP contribution in [0, 0.1) is 11.6 Å². The van der Waals surface area contributed by atoms with Gasteiger partial charge in [-0.05, 0) is 42.0 Å². The van der Waals surface area contributed by atoms with Gasteiger partial charge in [-0.15, -0.1) is 11.8 Å². The van der Waals surface area contributed by atoms with Crippen molar-refractivity contribution in [3.63, 3.8) is 0 Å². The molecule has 2 N–H and O–H groups in total. The summed E-state index contributed by atoms with van der Waals surface area (Å²) in [5.41, 5.74) is 6.58. The first-order valence-electron chi connectivity index (χ1n) is 5.17. The summed E-state index contributed by atoms with van der Waals surface area (Å²) >= 11 is 7.30. The number of thioether (sulfide) groups is 1. The van der Waals surface area contributed by atoms with E-state index in [1.54, 1.807) is 6.07 Å². The van der Waals surface area contributed by atoms with Crippen LogP contribution in [0.4, 0.5) is 14.5 Å². The first-order chi connectivity index (χ1) is 8.54. The Morgan fingerprint density at radius 1 is 1.06 bits per heavy atom. The van der Waals surface area contributed by atoms with Crippen LogP contribution in [0.15, 0.2) is 41.3 Å². The maximum Gasteiger partial charge on any atom is 0.126 e. The molecule has 0 aliphatic heterocycles. The molecule has 1 nitrogen and oxygen atoms in total.